The van der Waals surface area contributed by atoms with E-state index in [0.29, 0.717) is 12.1 Å². The number of hydrogen-bond donors (Lipinski definition) is 1. The van der Waals surface area contributed by atoms with Crippen molar-refractivity contribution >= 4 is 5.91 Å². The van der Waals surface area contributed by atoms with Gasteiger partial charge in [0.2, 0.25) is 0 Å². The highest BCUT2D eigenvalue weighted by Crippen LogP contribution is 2.23. The second-order valence-corrected chi connectivity index (χ2v) is 4.73. The average molecular weight is 285 g/mol. The van der Waals surface area contributed by atoms with Crippen molar-refractivity contribution in [2.75, 3.05) is 14.2 Å². The van der Waals surface area contributed by atoms with Crippen LogP contribution in [0.1, 0.15) is 21.5 Å². The number of carbonyl (C=O) groups excluding carboxylic acids is 1. The first-order valence-corrected chi connectivity index (χ1v) is 6.70. The van der Waals surface area contributed by atoms with Crippen LogP contribution >= 0.6 is 0 Å². The van der Waals surface area contributed by atoms with Crippen LogP contribution in [-0.4, -0.2) is 20.1 Å². The van der Waals surface area contributed by atoms with Crippen molar-refractivity contribution in [1.29, 1.82) is 0 Å². The summed E-state index contributed by atoms with van der Waals surface area (Å²) in [5.74, 6) is 1.35. The molecule has 0 saturated heterocycles. The molecule has 0 aromatic heterocycles. The molecule has 0 heterocycles. The zero-order valence-electron chi connectivity index (χ0n) is 12.5. The highest BCUT2D eigenvalue weighted by Gasteiger charge is 2.09. The molecule has 0 unspecified atom stereocenters. The molecule has 0 bridgehead atoms. The zero-order valence-corrected chi connectivity index (χ0v) is 12.5. The quantitative estimate of drug-likeness (QED) is 0.918. The van der Waals surface area contributed by atoms with Crippen molar-refractivity contribution in [3.05, 3.63) is 59.2 Å². The number of carbonyl (C=O) groups is 1. The third-order valence-corrected chi connectivity index (χ3v) is 3.21. The Morgan fingerprint density at radius 1 is 1.10 bits per heavy atom. The molecule has 0 atom stereocenters. The normalized spacial score (nSPS) is 10.0. The van der Waals surface area contributed by atoms with E-state index in [-0.39, 0.29) is 5.91 Å². The van der Waals surface area contributed by atoms with Gasteiger partial charge in [0.05, 0.1) is 14.2 Å². The summed E-state index contributed by atoms with van der Waals surface area (Å²) in [6, 6.07) is 13.0. The van der Waals surface area contributed by atoms with Gasteiger partial charge in [0, 0.05) is 17.7 Å². The molecule has 4 nitrogen and oxygen atoms in total. The van der Waals surface area contributed by atoms with Crippen molar-refractivity contribution < 1.29 is 14.3 Å². The Morgan fingerprint density at radius 2 is 1.90 bits per heavy atom. The molecule has 0 aliphatic heterocycles. The first kappa shape index (κ1) is 14.9. The average Bonchev–Trinajstić information content (AvgIpc) is 2.52. The number of aryl methyl sites for hydroxylation is 1. The monoisotopic (exact) mass is 285 g/mol. The molecular formula is C17H19NO3. The number of methoxy groups -OCH3 is 2. The highest BCUT2D eigenvalue weighted by molar-refractivity contribution is 5.94. The van der Waals surface area contributed by atoms with Gasteiger partial charge >= 0.3 is 0 Å². The van der Waals surface area contributed by atoms with Crippen molar-refractivity contribution in [2.45, 2.75) is 13.5 Å². The summed E-state index contributed by atoms with van der Waals surface area (Å²) in [5, 5.41) is 2.89. The fourth-order valence-electron chi connectivity index (χ4n) is 2.08. The Bertz CT molecular complexity index is 638. The Morgan fingerprint density at radius 3 is 2.57 bits per heavy atom. The van der Waals surface area contributed by atoms with E-state index < -0.39 is 0 Å². The Balaban J connectivity index is 2.10. The molecule has 1 amide bonds. The largest absolute Gasteiger partial charge is 0.497 e. The van der Waals surface area contributed by atoms with Crippen LogP contribution in [0.15, 0.2) is 42.5 Å². The van der Waals surface area contributed by atoms with Crippen molar-refractivity contribution in [3.8, 4) is 11.5 Å². The Hall–Kier alpha value is -2.49. The van der Waals surface area contributed by atoms with Crippen LogP contribution in [0.2, 0.25) is 0 Å². The summed E-state index contributed by atoms with van der Waals surface area (Å²) in [6.07, 6.45) is 0. The summed E-state index contributed by atoms with van der Waals surface area (Å²) in [7, 11) is 3.21. The third-order valence-electron chi connectivity index (χ3n) is 3.21. The van der Waals surface area contributed by atoms with Crippen LogP contribution in [0.3, 0.4) is 0 Å². The minimum Gasteiger partial charge on any atom is -0.497 e. The predicted octanol–water partition coefficient (Wildman–Crippen LogP) is 2.94. The van der Waals surface area contributed by atoms with Gasteiger partial charge in [-0.15, -0.1) is 0 Å². The lowest BCUT2D eigenvalue weighted by molar-refractivity contribution is 0.0950. The maximum absolute atomic E-state index is 12.1. The van der Waals surface area contributed by atoms with Gasteiger partial charge in [-0.2, -0.15) is 0 Å². The van der Waals surface area contributed by atoms with Gasteiger partial charge in [0.25, 0.3) is 5.91 Å². The van der Waals surface area contributed by atoms with Gasteiger partial charge in [-0.05, 0) is 37.3 Å². The molecule has 0 aliphatic rings. The maximum atomic E-state index is 12.1. The Labute approximate surface area is 124 Å². The molecule has 0 fully saturated rings. The van der Waals surface area contributed by atoms with E-state index in [2.05, 4.69) is 5.32 Å². The van der Waals surface area contributed by atoms with Crippen molar-refractivity contribution in [1.82, 2.24) is 5.32 Å². The molecule has 4 heteroatoms. The van der Waals surface area contributed by atoms with E-state index in [1.54, 1.807) is 20.3 Å². The number of rotatable bonds is 5. The second kappa shape index (κ2) is 6.79. The van der Waals surface area contributed by atoms with E-state index >= 15 is 0 Å². The molecule has 1 N–H and O–H groups in total. The van der Waals surface area contributed by atoms with Gasteiger partial charge in [-0.3, -0.25) is 4.79 Å². The van der Waals surface area contributed by atoms with Gasteiger partial charge in [0.1, 0.15) is 11.5 Å². The molecular weight excluding hydrogens is 266 g/mol. The van der Waals surface area contributed by atoms with Gasteiger partial charge in [-0.25, -0.2) is 0 Å². The van der Waals surface area contributed by atoms with E-state index in [1.165, 1.54) is 0 Å². The third kappa shape index (κ3) is 3.75. The number of amides is 1. The molecule has 0 spiro atoms. The molecule has 110 valence electrons. The number of benzene rings is 2. The van der Waals surface area contributed by atoms with E-state index in [4.69, 9.17) is 9.47 Å². The number of nitrogens with one attached hydrogen (secondary N) is 1. The standard InChI is InChI=1S/C17H19NO3/c1-12-5-4-6-13(9-12)17(19)18-11-14-10-15(20-2)7-8-16(14)21-3/h4-10H,11H2,1-3H3,(H,18,19). The van der Waals surface area contributed by atoms with Gasteiger partial charge in [0.15, 0.2) is 0 Å². The predicted molar refractivity (Wildman–Crippen MR) is 81.9 cm³/mol. The van der Waals surface area contributed by atoms with Crippen LogP contribution in [-0.2, 0) is 6.54 Å². The van der Waals surface area contributed by atoms with Gasteiger partial charge < -0.3 is 14.8 Å². The topological polar surface area (TPSA) is 47.6 Å². The first-order chi connectivity index (χ1) is 10.1. The van der Waals surface area contributed by atoms with Crippen LogP contribution in [0.4, 0.5) is 0 Å². The minimum atomic E-state index is -0.108. The lowest BCUT2D eigenvalue weighted by Gasteiger charge is -2.11. The summed E-state index contributed by atoms with van der Waals surface area (Å²) >= 11 is 0. The molecule has 0 radical (unpaired) electrons. The van der Waals surface area contributed by atoms with E-state index in [9.17, 15) is 4.79 Å². The van der Waals surface area contributed by atoms with Crippen molar-refractivity contribution in [3.63, 3.8) is 0 Å². The molecule has 0 saturated carbocycles. The summed E-state index contributed by atoms with van der Waals surface area (Å²) in [4.78, 5) is 12.1. The molecule has 21 heavy (non-hydrogen) atoms. The van der Waals surface area contributed by atoms with Gasteiger partial charge in [-0.1, -0.05) is 17.7 Å². The lowest BCUT2D eigenvalue weighted by Crippen LogP contribution is -2.23. The molecule has 2 aromatic rings. The zero-order chi connectivity index (χ0) is 15.2. The van der Waals surface area contributed by atoms with Crippen LogP contribution in [0, 0.1) is 6.92 Å². The van der Waals surface area contributed by atoms with Crippen LogP contribution in [0.5, 0.6) is 11.5 Å². The smallest absolute Gasteiger partial charge is 0.251 e. The molecule has 2 rings (SSSR count). The minimum absolute atomic E-state index is 0.108. The fourth-order valence-corrected chi connectivity index (χ4v) is 2.08. The fraction of sp³-hybridized carbons (Fsp3) is 0.235. The summed E-state index contributed by atoms with van der Waals surface area (Å²) in [6.45, 7) is 2.34. The summed E-state index contributed by atoms with van der Waals surface area (Å²) in [5.41, 5.74) is 2.58. The second-order valence-electron chi connectivity index (χ2n) is 4.73. The number of ether oxygens (including phenoxy) is 2. The van der Waals surface area contributed by atoms with E-state index in [1.807, 2.05) is 43.3 Å². The SMILES string of the molecule is COc1ccc(OC)c(CNC(=O)c2cccc(C)c2)c1. The summed E-state index contributed by atoms with van der Waals surface area (Å²) < 4.78 is 10.5. The number of hydrogen-bond acceptors (Lipinski definition) is 3. The van der Waals surface area contributed by atoms with Crippen molar-refractivity contribution in [2.24, 2.45) is 0 Å². The highest BCUT2D eigenvalue weighted by atomic mass is 16.5. The Kier molecular flexibility index (Phi) is 4.82. The first-order valence-electron chi connectivity index (χ1n) is 6.70. The molecule has 0 aliphatic carbocycles. The van der Waals surface area contributed by atoms with Crippen LogP contribution in [0.25, 0.3) is 0 Å². The van der Waals surface area contributed by atoms with E-state index in [0.717, 1.165) is 22.6 Å². The maximum Gasteiger partial charge on any atom is 0.251 e. The lowest BCUT2D eigenvalue weighted by atomic mass is 10.1. The molecule has 2 aromatic carbocycles. The van der Waals surface area contributed by atoms with Crippen LogP contribution < -0.4 is 14.8 Å².